The molecule has 22 heavy (non-hydrogen) atoms. The van der Waals surface area contributed by atoms with Crippen LogP contribution in [0.2, 0.25) is 0 Å². The Hall–Kier alpha value is -1.67. The lowest BCUT2D eigenvalue weighted by molar-refractivity contribution is 0.368. The largest absolute Gasteiger partial charge is 0.673 e. The smallest absolute Gasteiger partial charge is 0.418 e. The van der Waals surface area contributed by atoms with Gasteiger partial charge in [-0.3, -0.25) is 0 Å². The molecule has 0 saturated heterocycles. The highest BCUT2D eigenvalue weighted by Gasteiger charge is 2.37. The molecule has 2 aromatic rings. The zero-order chi connectivity index (χ0) is 16.8. The molecule has 0 aliphatic rings. The van der Waals surface area contributed by atoms with E-state index < -0.39 is 17.4 Å². The van der Waals surface area contributed by atoms with Crippen LogP contribution in [0.5, 0.6) is 0 Å². The molecule has 2 nitrogen and oxygen atoms in total. The van der Waals surface area contributed by atoms with Gasteiger partial charge in [-0.15, -0.1) is 4.31 Å². The molecule has 0 N–H and O–H groups in total. The molecule has 0 heterocycles. The van der Waals surface area contributed by atoms with Gasteiger partial charge in [0.25, 0.3) is 0 Å². The quantitative estimate of drug-likeness (QED) is 0.464. The fourth-order valence-electron chi connectivity index (χ4n) is 1.77. The average Bonchev–Trinajstić information content (AvgIpc) is 2.46. The standard InChI is InChI=1S/C14H16NOS.BF4/c1-15(2)17(16,13-9-5-3-6-10-13)14-11-7-4-8-12-14;2-1(3,4)5/h3-12H,1-2H3;/q+1;-1. The maximum absolute atomic E-state index is 13.2. The molecule has 0 aliphatic heterocycles. The second-order valence-electron chi connectivity index (χ2n) is 4.46. The summed E-state index contributed by atoms with van der Waals surface area (Å²) in [6, 6.07) is 19.2. The fourth-order valence-corrected chi connectivity index (χ4v) is 3.94. The summed E-state index contributed by atoms with van der Waals surface area (Å²) >= 11 is 0. The molecule has 2 rings (SSSR count). The molecule has 8 heteroatoms. The molecule has 0 aliphatic carbocycles. The van der Waals surface area contributed by atoms with Crippen molar-refractivity contribution in [2.75, 3.05) is 14.1 Å². The summed E-state index contributed by atoms with van der Waals surface area (Å²) < 4.78 is 54.0. The van der Waals surface area contributed by atoms with Gasteiger partial charge >= 0.3 is 7.25 Å². The Morgan fingerprint density at radius 1 is 0.773 bits per heavy atom. The van der Waals surface area contributed by atoms with Gasteiger partial charge in [0.05, 0.1) is 0 Å². The highest BCUT2D eigenvalue weighted by atomic mass is 32.3. The Balaban J connectivity index is 0.000000422. The number of hydrogen-bond donors (Lipinski definition) is 0. The van der Waals surface area contributed by atoms with Gasteiger partial charge in [0, 0.05) is 14.1 Å². The highest BCUT2D eigenvalue weighted by molar-refractivity contribution is 8.00. The van der Waals surface area contributed by atoms with Gasteiger partial charge in [0.2, 0.25) is 10.1 Å². The Morgan fingerprint density at radius 3 is 1.27 bits per heavy atom. The van der Waals surface area contributed by atoms with Crippen LogP contribution in [0.15, 0.2) is 70.5 Å². The van der Waals surface area contributed by atoms with Crippen molar-refractivity contribution in [2.45, 2.75) is 9.79 Å². The Kier molecular flexibility index (Phi) is 6.31. The zero-order valence-electron chi connectivity index (χ0n) is 12.1. The third kappa shape index (κ3) is 5.27. The second kappa shape index (κ2) is 7.55. The molecule has 0 radical (unpaired) electrons. The van der Waals surface area contributed by atoms with E-state index in [1.165, 1.54) is 0 Å². The van der Waals surface area contributed by atoms with E-state index in [0.29, 0.717) is 0 Å². The Bertz CT molecular complexity index is 570. The van der Waals surface area contributed by atoms with Crippen molar-refractivity contribution in [1.82, 2.24) is 4.31 Å². The first-order valence-corrected chi connectivity index (χ1v) is 7.86. The first-order chi connectivity index (χ1) is 10.2. The lowest BCUT2D eigenvalue weighted by atomic mass is 10.3. The predicted octanol–water partition coefficient (Wildman–Crippen LogP) is 4.38. The van der Waals surface area contributed by atoms with Crippen molar-refractivity contribution in [3.63, 3.8) is 0 Å². The summed E-state index contributed by atoms with van der Waals surface area (Å²) in [6.45, 7) is 0. The van der Waals surface area contributed by atoms with Gasteiger partial charge in [-0.25, -0.2) is 0 Å². The van der Waals surface area contributed by atoms with Gasteiger partial charge in [0.15, 0.2) is 9.79 Å². The number of hydrogen-bond acceptors (Lipinski definition) is 1. The normalized spacial score (nSPS) is 11.8. The first-order valence-electron chi connectivity index (χ1n) is 6.35. The second-order valence-corrected chi connectivity index (χ2v) is 7.18. The van der Waals surface area contributed by atoms with Crippen LogP contribution in [0, 0.1) is 0 Å². The van der Waals surface area contributed by atoms with Crippen LogP contribution in [-0.4, -0.2) is 25.7 Å². The predicted molar refractivity (Wildman–Crippen MR) is 81.3 cm³/mol. The van der Waals surface area contributed by atoms with Gasteiger partial charge in [-0.2, -0.15) is 0 Å². The lowest BCUT2D eigenvalue weighted by Gasteiger charge is -2.17. The van der Waals surface area contributed by atoms with Gasteiger partial charge in [0.1, 0.15) is 0 Å². The highest BCUT2D eigenvalue weighted by Crippen LogP contribution is 2.30. The summed E-state index contributed by atoms with van der Waals surface area (Å²) in [5, 5.41) is 0. The van der Waals surface area contributed by atoms with Crippen molar-refractivity contribution >= 4 is 17.4 Å². The number of rotatable bonds is 3. The van der Waals surface area contributed by atoms with Gasteiger partial charge < -0.3 is 17.3 Å². The molecule has 0 atom stereocenters. The summed E-state index contributed by atoms with van der Waals surface area (Å²) in [4.78, 5) is 1.69. The molecule has 0 bridgehead atoms. The van der Waals surface area contributed by atoms with Gasteiger partial charge in [-0.1, -0.05) is 40.6 Å². The van der Waals surface area contributed by atoms with Crippen LogP contribution >= 0.6 is 0 Å². The molecule has 120 valence electrons. The SMILES string of the molecule is CN(C)[S+](=O)(c1ccccc1)c1ccccc1.F[B-](F)(F)F. The lowest BCUT2D eigenvalue weighted by Crippen LogP contribution is -2.29. The van der Waals surface area contributed by atoms with Crippen molar-refractivity contribution < 1.29 is 21.5 Å². The number of benzene rings is 2. The maximum Gasteiger partial charge on any atom is 0.673 e. The summed E-state index contributed by atoms with van der Waals surface area (Å²) in [5.74, 6) is 0. The van der Waals surface area contributed by atoms with Crippen molar-refractivity contribution in [1.29, 1.82) is 0 Å². The number of halogens is 4. The number of nitrogens with zero attached hydrogens (tertiary/aromatic N) is 1. The Morgan fingerprint density at radius 2 is 1.05 bits per heavy atom. The van der Waals surface area contributed by atoms with E-state index in [9.17, 15) is 21.5 Å². The molecule has 2 aromatic carbocycles. The zero-order valence-corrected chi connectivity index (χ0v) is 12.9. The Labute approximate surface area is 128 Å². The minimum Gasteiger partial charge on any atom is -0.418 e. The van der Waals surface area contributed by atoms with E-state index in [2.05, 4.69) is 0 Å². The minimum atomic E-state index is -6.00. The maximum atomic E-state index is 13.2. The molecule has 0 saturated carbocycles. The molecule has 0 aromatic heterocycles. The summed E-state index contributed by atoms with van der Waals surface area (Å²) in [7, 11) is -4.63. The molecule has 0 fully saturated rings. The van der Waals surface area contributed by atoms with Crippen LogP contribution < -0.4 is 0 Å². The van der Waals surface area contributed by atoms with E-state index >= 15 is 0 Å². The summed E-state index contributed by atoms with van der Waals surface area (Å²) in [5.41, 5.74) is 0. The van der Waals surface area contributed by atoms with Crippen molar-refractivity contribution in [3.05, 3.63) is 60.7 Å². The third-order valence-corrected chi connectivity index (χ3v) is 5.49. The third-order valence-electron chi connectivity index (χ3n) is 2.64. The van der Waals surface area contributed by atoms with E-state index in [1.54, 1.807) is 4.31 Å². The molecular weight excluding hydrogens is 317 g/mol. The van der Waals surface area contributed by atoms with Gasteiger partial charge in [-0.05, 0) is 24.3 Å². The van der Waals surface area contributed by atoms with Crippen LogP contribution in [-0.2, 0) is 14.3 Å². The average molecular weight is 333 g/mol. The molecule has 0 spiro atoms. The van der Waals surface area contributed by atoms with Crippen LogP contribution in [0.1, 0.15) is 0 Å². The van der Waals surface area contributed by atoms with E-state index in [4.69, 9.17) is 0 Å². The van der Waals surface area contributed by atoms with E-state index in [0.717, 1.165) is 9.79 Å². The fraction of sp³-hybridized carbons (Fsp3) is 0.143. The molecule has 0 unspecified atom stereocenters. The first kappa shape index (κ1) is 18.4. The van der Waals surface area contributed by atoms with Crippen molar-refractivity contribution in [3.8, 4) is 0 Å². The molecule has 0 amide bonds. The molecular formula is C14H16BF4NOS. The van der Waals surface area contributed by atoms with Crippen LogP contribution in [0.4, 0.5) is 17.3 Å². The van der Waals surface area contributed by atoms with Crippen molar-refractivity contribution in [2.24, 2.45) is 0 Å². The van der Waals surface area contributed by atoms with Crippen LogP contribution in [0.25, 0.3) is 0 Å². The van der Waals surface area contributed by atoms with E-state index in [-0.39, 0.29) is 0 Å². The summed E-state index contributed by atoms with van der Waals surface area (Å²) in [6.07, 6.45) is 0. The topological polar surface area (TPSA) is 20.3 Å². The minimum absolute atomic E-state index is 0.844. The van der Waals surface area contributed by atoms with Crippen LogP contribution in [0.3, 0.4) is 0 Å². The monoisotopic (exact) mass is 333 g/mol. The van der Waals surface area contributed by atoms with E-state index in [1.807, 2.05) is 74.8 Å².